The molecule has 0 bridgehead atoms. The van der Waals surface area contributed by atoms with Crippen LogP contribution >= 0.6 is 0 Å². The number of hydrogen-bond donors (Lipinski definition) is 0. The van der Waals surface area contributed by atoms with Gasteiger partial charge in [-0.1, -0.05) is 25.5 Å². The van der Waals surface area contributed by atoms with E-state index in [2.05, 4.69) is 58.2 Å². The molecule has 26 heavy (non-hydrogen) atoms. The molecule has 0 amide bonds. The van der Waals surface area contributed by atoms with E-state index in [0.29, 0.717) is 0 Å². The number of para-hydroxylation sites is 2. The molecular weight excluding hydrogens is 328 g/mol. The Morgan fingerprint density at radius 1 is 1.12 bits per heavy atom. The number of hydrogen-bond acceptors (Lipinski definition) is 6. The van der Waals surface area contributed by atoms with Crippen molar-refractivity contribution in [2.24, 2.45) is 0 Å². The van der Waals surface area contributed by atoms with E-state index in [-0.39, 0.29) is 12.1 Å². The van der Waals surface area contributed by atoms with Crippen molar-refractivity contribution in [1.29, 1.82) is 0 Å². The molecule has 142 valence electrons. The molecule has 0 aliphatic carbocycles. The Bertz CT molecular complexity index is 693. The van der Waals surface area contributed by atoms with E-state index < -0.39 is 0 Å². The average molecular weight is 358 g/mol. The van der Waals surface area contributed by atoms with Crippen LogP contribution in [0.3, 0.4) is 0 Å². The largest absolute Gasteiger partial charge is 0.495 e. The number of methoxy groups -OCH3 is 1. The molecule has 1 saturated heterocycles. The Morgan fingerprint density at radius 2 is 1.85 bits per heavy atom. The maximum Gasteiger partial charge on any atom is 0.168 e. The Morgan fingerprint density at radius 3 is 2.50 bits per heavy atom. The van der Waals surface area contributed by atoms with E-state index >= 15 is 0 Å². The van der Waals surface area contributed by atoms with Gasteiger partial charge in [0.2, 0.25) is 0 Å². The summed E-state index contributed by atoms with van der Waals surface area (Å²) in [6.45, 7) is 10.4. The molecule has 1 atom stereocenters. The van der Waals surface area contributed by atoms with Crippen molar-refractivity contribution >= 4 is 5.69 Å². The Labute approximate surface area is 155 Å². The summed E-state index contributed by atoms with van der Waals surface area (Å²) in [6.07, 6.45) is 2.18. The third kappa shape index (κ3) is 3.82. The zero-order valence-electron chi connectivity index (χ0n) is 16.3. The molecule has 1 aromatic carbocycles. The second-order valence-electron chi connectivity index (χ2n) is 7.07. The monoisotopic (exact) mass is 358 g/mol. The van der Waals surface area contributed by atoms with Gasteiger partial charge < -0.3 is 9.64 Å². The third-order valence-electron chi connectivity index (χ3n) is 5.05. The molecule has 2 aromatic rings. The van der Waals surface area contributed by atoms with Crippen LogP contribution in [0.4, 0.5) is 5.69 Å². The standard InChI is InChI=1S/C19H30N6O/c1-5-8-17(19-20-21-22-25(19)15(2)3)24-13-11-23(12-14-24)16-9-6-7-10-18(16)26-4/h6-7,9-10,15,17H,5,8,11-14H2,1-4H3. The highest BCUT2D eigenvalue weighted by atomic mass is 16.5. The minimum absolute atomic E-state index is 0.272. The van der Waals surface area contributed by atoms with Crippen molar-refractivity contribution in [3.05, 3.63) is 30.1 Å². The fourth-order valence-electron chi connectivity index (χ4n) is 3.70. The molecule has 7 heteroatoms. The lowest BCUT2D eigenvalue weighted by Crippen LogP contribution is -2.48. The summed E-state index contributed by atoms with van der Waals surface area (Å²) >= 11 is 0. The summed E-state index contributed by atoms with van der Waals surface area (Å²) in [5, 5.41) is 12.5. The van der Waals surface area contributed by atoms with E-state index in [4.69, 9.17) is 4.74 Å². The molecule has 0 spiro atoms. The summed E-state index contributed by atoms with van der Waals surface area (Å²) in [6, 6.07) is 8.80. The van der Waals surface area contributed by atoms with Gasteiger partial charge in [-0.05, 0) is 42.8 Å². The van der Waals surface area contributed by atoms with E-state index in [9.17, 15) is 0 Å². The summed E-state index contributed by atoms with van der Waals surface area (Å²) in [5.41, 5.74) is 1.17. The topological polar surface area (TPSA) is 59.3 Å². The first-order valence-corrected chi connectivity index (χ1v) is 9.55. The third-order valence-corrected chi connectivity index (χ3v) is 5.05. The molecule has 0 radical (unpaired) electrons. The lowest BCUT2D eigenvalue weighted by Gasteiger charge is -2.40. The molecule has 3 rings (SSSR count). The first-order valence-electron chi connectivity index (χ1n) is 9.55. The molecule has 0 saturated carbocycles. The van der Waals surface area contributed by atoms with Gasteiger partial charge in [0.25, 0.3) is 0 Å². The summed E-state index contributed by atoms with van der Waals surface area (Å²) in [4.78, 5) is 4.93. The van der Waals surface area contributed by atoms with E-state index in [1.807, 2.05) is 16.8 Å². The number of piperazine rings is 1. The molecule has 0 N–H and O–H groups in total. The first kappa shape index (κ1) is 18.6. The van der Waals surface area contributed by atoms with Gasteiger partial charge in [-0.2, -0.15) is 0 Å². The van der Waals surface area contributed by atoms with Crippen molar-refractivity contribution < 1.29 is 4.74 Å². The van der Waals surface area contributed by atoms with E-state index in [0.717, 1.165) is 50.6 Å². The van der Waals surface area contributed by atoms with Crippen LogP contribution in [-0.2, 0) is 0 Å². The van der Waals surface area contributed by atoms with Gasteiger partial charge in [0.1, 0.15) is 5.75 Å². The number of tetrazole rings is 1. The van der Waals surface area contributed by atoms with E-state index in [1.165, 1.54) is 5.69 Å². The minimum atomic E-state index is 0.272. The smallest absolute Gasteiger partial charge is 0.168 e. The second kappa shape index (κ2) is 8.49. The normalized spacial score (nSPS) is 16.9. The van der Waals surface area contributed by atoms with Crippen molar-refractivity contribution in [3.63, 3.8) is 0 Å². The Kier molecular flexibility index (Phi) is 6.08. The molecule has 1 fully saturated rings. The quantitative estimate of drug-likeness (QED) is 0.758. The van der Waals surface area contributed by atoms with Crippen LogP contribution in [0, 0.1) is 0 Å². The van der Waals surface area contributed by atoms with Crippen molar-refractivity contribution in [3.8, 4) is 5.75 Å². The fourth-order valence-corrected chi connectivity index (χ4v) is 3.70. The maximum atomic E-state index is 5.53. The number of rotatable bonds is 7. The van der Waals surface area contributed by atoms with Crippen LogP contribution in [0.5, 0.6) is 5.75 Å². The van der Waals surface area contributed by atoms with Crippen LogP contribution in [0.15, 0.2) is 24.3 Å². The van der Waals surface area contributed by atoms with Gasteiger partial charge in [-0.3, -0.25) is 4.90 Å². The SMILES string of the molecule is CCCC(c1nnnn1C(C)C)N1CCN(c2ccccc2OC)CC1. The summed E-state index contributed by atoms with van der Waals surface area (Å²) in [5.74, 6) is 1.93. The molecule has 1 aliphatic heterocycles. The average Bonchev–Trinajstić information content (AvgIpc) is 3.16. The highest BCUT2D eigenvalue weighted by Crippen LogP contribution is 2.31. The van der Waals surface area contributed by atoms with Crippen molar-refractivity contribution in [2.75, 3.05) is 38.2 Å². The van der Waals surface area contributed by atoms with Crippen LogP contribution in [-0.4, -0.2) is 58.4 Å². The summed E-state index contributed by atoms with van der Waals surface area (Å²) < 4.78 is 7.49. The lowest BCUT2D eigenvalue weighted by molar-refractivity contribution is 0.162. The minimum Gasteiger partial charge on any atom is -0.495 e. The molecule has 1 aromatic heterocycles. The van der Waals surface area contributed by atoms with Gasteiger partial charge in [-0.25, -0.2) is 4.68 Å². The second-order valence-corrected chi connectivity index (χ2v) is 7.07. The van der Waals surface area contributed by atoms with Gasteiger partial charge in [-0.15, -0.1) is 5.10 Å². The predicted octanol–water partition coefficient (Wildman–Crippen LogP) is 2.93. The number of anilines is 1. The Balaban J connectivity index is 1.73. The first-order chi connectivity index (χ1) is 12.7. The van der Waals surface area contributed by atoms with Gasteiger partial charge >= 0.3 is 0 Å². The summed E-state index contributed by atoms with van der Waals surface area (Å²) in [7, 11) is 1.73. The molecule has 1 unspecified atom stereocenters. The van der Waals surface area contributed by atoms with Crippen LogP contribution in [0.25, 0.3) is 0 Å². The van der Waals surface area contributed by atoms with Crippen LogP contribution < -0.4 is 9.64 Å². The zero-order chi connectivity index (χ0) is 18.5. The highest BCUT2D eigenvalue weighted by Gasteiger charge is 2.29. The predicted molar refractivity (Wildman–Crippen MR) is 103 cm³/mol. The number of ether oxygens (including phenoxy) is 1. The highest BCUT2D eigenvalue weighted by molar-refractivity contribution is 5.58. The molecule has 7 nitrogen and oxygen atoms in total. The zero-order valence-corrected chi connectivity index (χ0v) is 16.3. The van der Waals surface area contributed by atoms with Gasteiger partial charge in [0.05, 0.1) is 24.9 Å². The van der Waals surface area contributed by atoms with Gasteiger partial charge in [0, 0.05) is 26.2 Å². The maximum absolute atomic E-state index is 5.53. The number of nitrogens with zero attached hydrogens (tertiary/aromatic N) is 6. The van der Waals surface area contributed by atoms with E-state index in [1.54, 1.807) is 7.11 Å². The van der Waals surface area contributed by atoms with Crippen LogP contribution in [0.1, 0.15) is 51.5 Å². The van der Waals surface area contributed by atoms with Crippen molar-refractivity contribution in [2.45, 2.75) is 45.7 Å². The number of benzene rings is 1. The Hall–Kier alpha value is -2.15. The van der Waals surface area contributed by atoms with Gasteiger partial charge in [0.15, 0.2) is 5.82 Å². The molecule has 2 heterocycles. The number of aromatic nitrogens is 4. The lowest BCUT2D eigenvalue weighted by atomic mass is 10.1. The molecule has 1 aliphatic rings. The van der Waals surface area contributed by atoms with Crippen LogP contribution in [0.2, 0.25) is 0 Å². The fraction of sp³-hybridized carbons (Fsp3) is 0.632. The van der Waals surface area contributed by atoms with Crippen molar-refractivity contribution in [1.82, 2.24) is 25.1 Å². The molecular formula is C19H30N6O.